The number of aromatic nitrogens is 3. The van der Waals surface area contributed by atoms with Crippen LogP contribution in [0.15, 0.2) is 54.6 Å². The van der Waals surface area contributed by atoms with Crippen LogP contribution in [0, 0.1) is 0 Å². The third kappa shape index (κ3) is 5.60. The fourth-order valence-electron chi connectivity index (χ4n) is 2.44. The standard InChI is InChI=1S/C19H20ClN5O/c20-15-6-8-16(9-7-15)22-13-18-23-17(24-25-18)12-19(26)21-11-10-14-4-2-1-3-5-14/h1-9,22H,10-13H2,(H,21,26)(H,23,24,25). The van der Waals surface area contributed by atoms with Crippen molar-refractivity contribution < 1.29 is 4.79 Å². The third-order valence-corrected chi connectivity index (χ3v) is 4.03. The maximum absolute atomic E-state index is 12.0. The Kier molecular flexibility index (Phi) is 6.22. The smallest absolute Gasteiger partial charge is 0.227 e. The van der Waals surface area contributed by atoms with Crippen LogP contribution in [-0.4, -0.2) is 27.6 Å². The number of rotatable bonds is 8. The first-order chi connectivity index (χ1) is 12.7. The van der Waals surface area contributed by atoms with Crippen LogP contribution in [0.3, 0.4) is 0 Å². The number of H-pyrrole nitrogens is 1. The highest BCUT2D eigenvalue weighted by Crippen LogP contribution is 2.13. The molecular formula is C19H20ClN5O. The van der Waals surface area contributed by atoms with E-state index in [1.165, 1.54) is 5.56 Å². The monoisotopic (exact) mass is 369 g/mol. The van der Waals surface area contributed by atoms with Gasteiger partial charge in [0.25, 0.3) is 0 Å². The van der Waals surface area contributed by atoms with Gasteiger partial charge in [0.1, 0.15) is 5.82 Å². The summed E-state index contributed by atoms with van der Waals surface area (Å²) in [5.74, 6) is 1.07. The summed E-state index contributed by atoms with van der Waals surface area (Å²) in [6, 6.07) is 17.5. The SMILES string of the molecule is O=C(Cc1n[nH]c(CNc2ccc(Cl)cc2)n1)NCCc1ccccc1. The summed E-state index contributed by atoms with van der Waals surface area (Å²) >= 11 is 5.86. The summed E-state index contributed by atoms with van der Waals surface area (Å²) in [6.07, 6.45) is 0.961. The van der Waals surface area contributed by atoms with Gasteiger partial charge in [-0.3, -0.25) is 9.89 Å². The van der Waals surface area contributed by atoms with Crippen LogP contribution < -0.4 is 10.6 Å². The van der Waals surface area contributed by atoms with E-state index in [-0.39, 0.29) is 12.3 Å². The molecule has 0 aliphatic rings. The number of hydrogen-bond donors (Lipinski definition) is 3. The van der Waals surface area contributed by atoms with Crippen molar-refractivity contribution in [1.82, 2.24) is 20.5 Å². The molecule has 134 valence electrons. The van der Waals surface area contributed by atoms with Crippen LogP contribution in [-0.2, 0) is 24.2 Å². The molecule has 0 saturated carbocycles. The second-order valence-corrected chi connectivity index (χ2v) is 6.26. The molecule has 7 heteroatoms. The quantitative estimate of drug-likeness (QED) is 0.570. The molecule has 3 N–H and O–H groups in total. The van der Waals surface area contributed by atoms with Crippen LogP contribution in [0.1, 0.15) is 17.2 Å². The average molecular weight is 370 g/mol. The van der Waals surface area contributed by atoms with Crippen molar-refractivity contribution in [3.63, 3.8) is 0 Å². The average Bonchev–Trinajstić information content (AvgIpc) is 3.09. The van der Waals surface area contributed by atoms with E-state index in [0.29, 0.717) is 29.8 Å². The summed E-state index contributed by atoms with van der Waals surface area (Å²) in [6.45, 7) is 1.09. The van der Waals surface area contributed by atoms with E-state index in [4.69, 9.17) is 11.6 Å². The zero-order chi connectivity index (χ0) is 18.2. The van der Waals surface area contributed by atoms with Gasteiger partial charge in [0, 0.05) is 17.3 Å². The highest BCUT2D eigenvalue weighted by molar-refractivity contribution is 6.30. The lowest BCUT2D eigenvalue weighted by molar-refractivity contribution is -0.120. The zero-order valence-electron chi connectivity index (χ0n) is 14.2. The van der Waals surface area contributed by atoms with E-state index >= 15 is 0 Å². The van der Waals surface area contributed by atoms with E-state index in [0.717, 1.165) is 12.1 Å². The number of amides is 1. The molecule has 0 unspecified atom stereocenters. The Hall–Kier alpha value is -2.86. The molecule has 2 aromatic carbocycles. The van der Waals surface area contributed by atoms with Gasteiger partial charge in [0.05, 0.1) is 13.0 Å². The van der Waals surface area contributed by atoms with E-state index in [9.17, 15) is 4.79 Å². The maximum atomic E-state index is 12.0. The minimum absolute atomic E-state index is 0.0860. The minimum Gasteiger partial charge on any atom is -0.378 e. The lowest BCUT2D eigenvalue weighted by Crippen LogP contribution is -2.27. The topological polar surface area (TPSA) is 82.7 Å². The summed E-state index contributed by atoms with van der Waals surface area (Å²) in [4.78, 5) is 16.3. The first-order valence-corrected chi connectivity index (χ1v) is 8.77. The molecule has 0 bridgehead atoms. The molecular weight excluding hydrogens is 350 g/mol. The number of carbonyl (C=O) groups is 1. The summed E-state index contributed by atoms with van der Waals surface area (Å²) in [5, 5.41) is 13.7. The summed E-state index contributed by atoms with van der Waals surface area (Å²) in [7, 11) is 0. The number of anilines is 1. The number of nitrogens with one attached hydrogen (secondary N) is 3. The molecule has 0 spiro atoms. The predicted octanol–water partition coefficient (Wildman–Crippen LogP) is 2.97. The molecule has 0 radical (unpaired) electrons. The zero-order valence-corrected chi connectivity index (χ0v) is 15.0. The van der Waals surface area contributed by atoms with Crippen LogP contribution in [0.5, 0.6) is 0 Å². The highest BCUT2D eigenvalue weighted by Gasteiger charge is 2.08. The van der Waals surface area contributed by atoms with Gasteiger partial charge in [0.15, 0.2) is 5.82 Å². The molecule has 3 rings (SSSR count). The van der Waals surface area contributed by atoms with Crippen molar-refractivity contribution in [3.8, 4) is 0 Å². The maximum Gasteiger partial charge on any atom is 0.227 e. The Morgan fingerprint density at radius 3 is 2.62 bits per heavy atom. The van der Waals surface area contributed by atoms with Gasteiger partial charge >= 0.3 is 0 Å². The van der Waals surface area contributed by atoms with Gasteiger partial charge in [-0.2, -0.15) is 5.10 Å². The Labute approximate surface area is 157 Å². The highest BCUT2D eigenvalue weighted by atomic mass is 35.5. The van der Waals surface area contributed by atoms with Crippen molar-refractivity contribution in [3.05, 3.63) is 76.8 Å². The Morgan fingerprint density at radius 1 is 1.08 bits per heavy atom. The first kappa shape index (κ1) is 17.9. The Balaban J connectivity index is 1.41. The fourth-order valence-corrected chi connectivity index (χ4v) is 2.57. The second kappa shape index (κ2) is 9.01. The predicted molar refractivity (Wildman–Crippen MR) is 102 cm³/mol. The lowest BCUT2D eigenvalue weighted by atomic mass is 10.1. The van der Waals surface area contributed by atoms with Gasteiger partial charge in [-0.05, 0) is 36.2 Å². The number of nitrogens with zero attached hydrogens (tertiary/aromatic N) is 2. The number of halogens is 1. The molecule has 0 saturated heterocycles. The van der Waals surface area contributed by atoms with Gasteiger partial charge in [-0.1, -0.05) is 41.9 Å². The fraction of sp³-hybridized carbons (Fsp3) is 0.211. The van der Waals surface area contributed by atoms with Gasteiger partial charge < -0.3 is 10.6 Å². The van der Waals surface area contributed by atoms with Crippen LogP contribution >= 0.6 is 11.6 Å². The Bertz CT molecular complexity index is 833. The van der Waals surface area contributed by atoms with Crippen molar-refractivity contribution >= 4 is 23.2 Å². The van der Waals surface area contributed by atoms with Gasteiger partial charge in [-0.25, -0.2) is 4.98 Å². The second-order valence-electron chi connectivity index (χ2n) is 5.82. The summed E-state index contributed by atoms with van der Waals surface area (Å²) < 4.78 is 0. The van der Waals surface area contributed by atoms with Crippen LogP contribution in [0.2, 0.25) is 5.02 Å². The Morgan fingerprint density at radius 2 is 1.85 bits per heavy atom. The van der Waals surface area contributed by atoms with Gasteiger partial charge in [-0.15, -0.1) is 0 Å². The van der Waals surface area contributed by atoms with Gasteiger partial charge in [0.2, 0.25) is 5.91 Å². The lowest BCUT2D eigenvalue weighted by Gasteiger charge is -2.04. The van der Waals surface area contributed by atoms with Crippen LogP contribution in [0.25, 0.3) is 0 Å². The molecule has 0 fully saturated rings. The molecule has 1 aromatic heterocycles. The van der Waals surface area contributed by atoms with Crippen molar-refractivity contribution in [2.45, 2.75) is 19.4 Å². The largest absolute Gasteiger partial charge is 0.378 e. The number of carbonyl (C=O) groups excluding carboxylic acids is 1. The molecule has 0 atom stereocenters. The van der Waals surface area contributed by atoms with E-state index in [1.807, 2.05) is 54.6 Å². The van der Waals surface area contributed by atoms with E-state index in [1.54, 1.807) is 0 Å². The molecule has 6 nitrogen and oxygen atoms in total. The van der Waals surface area contributed by atoms with E-state index in [2.05, 4.69) is 25.8 Å². The molecule has 3 aromatic rings. The summed E-state index contributed by atoms with van der Waals surface area (Å²) in [5.41, 5.74) is 2.13. The van der Waals surface area contributed by atoms with E-state index < -0.39 is 0 Å². The third-order valence-electron chi connectivity index (χ3n) is 3.78. The first-order valence-electron chi connectivity index (χ1n) is 8.39. The number of hydrogen-bond acceptors (Lipinski definition) is 4. The molecule has 1 amide bonds. The number of aromatic amines is 1. The van der Waals surface area contributed by atoms with Crippen molar-refractivity contribution in [1.29, 1.82) is 0 Å². The molecule has 1 heterocycles. The normalized spacial score (nSPS) is 10.5. The van der Waals surface area contributed by atoms with Crippen LogP contribution in [0.4, 0.5) is 5.69 Å². The molecule has 26 heavy (non-hydrogen) atoms. The number of benzene rings is 2. The molecule has 0 aliphatic heterocycles. The van der Waals surface area contributed by atoms with Crippen molar-refractivity contribution in [2.24, 2.45) is 0 Å². The minimum atomic E-state index is -0.0860. The molecule has 0 aliphatic carbocycles. The van der Waals surface area contributed by atoms with Crippen molar-refractivity contribution in [2.75, 3.05) is 11.9 Å².